The first-order chi connectivity index (χ1) is 5.35. The summed E-state index contributed by atoms with van der Waals surface area (Å²) in [6.07, 6.45) is 4.81. The second-order valence-corrected chi connectivity index (χ2v) is 2.70. The molecule has 3 heteroatoms. The molecule has 0 saturated heterocycles. The molecule has 0 aliphatic heterocycles. The van der Waals surface area contributed by atoms with Gasteiger partial charge >= 0.3 is 0 Å². The van der Waals surface area contributed by atoms with Crippen molar-refractivity contribution in [1.82, 2.24) is 4.98 Å². The smallest absolute Gasteiger partial charge is 0.0957 e. The van der Waals surface area contributed by atoms with E-state index in [1.165, 1.54) is 0 Å². The van der Waals surface area contributed by atoms with E-state index in [2.05, 4.69) is 11.9 Å². The Bertz CT molecular complexity index is 167. The van der Waals surface area contributed by atoms with Crippen molar-refractivity contribution < 1.29 is 32.7 Å². The number of nitrogens with zero attached hydrogens (tertiary/aromatic N) is 1. The fraction of sp³-hybridized carbons (Fsp3) is 0.333. The second kappa shape index (κ2) is 11.6. The maximum Gasteiger partial charge on any atom is 0.0957 e. The minimum absolute atomic E-state index is 0. The number of hydrogen-bond acceptors (Lipinski definition) is 2. The van der Waals surface area contributed by atoms with Crippen molar-refractivity contribution in [3.8, 4) is 0 Å². The van der Waals surface area contributed by atoms with Crippen LogP contribution in [0.25, 0.3) is 0 Å². The van der Waals surface area contributed by atoms with E-state index in [1.807, 2.05) is 31.4 Å². The van der Waals surface area contributed by atoms with Gasteiger partial charge in [-0.2, -0.15) is 6.42 Å². The van der Waals surface area contributed by atoms with Gasteiger partial charge in [-0.1, -0.05) is 13.0 Å². The Kier molecular flexibility index (Phi) is 14.6. The van der Waals surface area contributed by atoms with Crippen LogP contribution in [0.1, 0.15) is 13.3 Å². The molecule has 0 unspecified atom stereocenters. The van der Waals surface area contributed by atoms with Crippen molar-refractivity contribution in [2.45, 2.75) is 18.4 Å². The summed E-state index contributed by atoms with van der Waals surface area (Å²) in [5.41, 5.74) is 0. The first-order valence-corrected chi connectivity index (χ1v) is 4.81. The van der Waals surface area contributed by atoms with E-state index < -0.39 is 0 Å². The second-order valence-electron chi connectivity index (χ2n) is 1.87. The molecule has 0 aromatic carbocycles. The van der Waals surface area contributed by atoms with E-state index in [0.29, 0.717) is 0 Å². The van der Waals surface area contributed by atoms with Gasteiger partial charge in [-0.15, -0.1) is 11.8 Å². The van der Waals surface area contributed by atoms with Crippen LogP contribution in [0.4, 0.5) is 0 Å². The quantitative estimate of drug-likeness (QED) is 0.566. The zero-order chi connectivity index (χ0) is 8.53. The number of pyridine rings is 1. The van der Waals surface area contributed by atoms with Crippen molar-refractivity contribution in [3.05, 3.63) is 31.3 Å². The van der Waals surface area contributed by atoms with Crippen LogP contribution < -0.4 is 0 Å². The first kappa shape index (κ1) is 15.1. The van der Waals surface area contributed by atoms with Crippen molar-refractivity contribution in [2.24, 2.45) is 0 Å². The Morgan fingerprint density at radius 1 is 1.50 bits per heavy atom. The molecular weight excluding hydrogens is 243 g/mol. The Balaban J connectivity index is 0. The molecule has 1 aromatic heterocycles. The van der Waals surface area contributed by atoms with E-state index in [-0.39, 0.29) is 32.7 Å². The minimum Gasteiger partial charge on any atom is -0.344 e. The standard InChI is InChI=1S/C6H7NS.C3H7.Y/c1-8-6-4-2-3-5-7-6;1-3-2;/h2-5H,1H3;1,3H2,2H3;/q;-1;. The van der Waals surface area contributed by atoms with Crippen molar-refractivity contribution >= 4 is 11.8 Å². The molecule has 0 N–H and O–H groups in total. The van der Waals surface area contributed by atoms with Crippen LogP contribution in [0.3, 0.4) is 0 Å². The SMILES string of the molecule is CSc1ccccn1.[CH2-]CC.[Y]. The van der Waals surface area contributed by atoms with Gasteiger partial charge in [0.25, 0.3) is 0 Å². The molecule has 1 heterocycles. The third-order valence-corrected chi connectivity index (χ3v) is 1.51. The zero-order valence-corrected chi connectivity index (χ0v) is 11.3. The number of aromatic nitrogens is 1. The normalized spacial score (nSPS) is 7.58. The van der Waals surface area contributed by atoms with Gasteiger partial charge in [-0.25, -0.2) is 4.98 Å². The molecule has 1 aromatic rings. The van der Waals surface area contributed by atoms with Gasteiger partial charge < -0.3 is 6.92 Å². The molecule has 0 fully saturated rings. The molecule has 1 rings (SSSR count). The van der Waals surface area contributed by atoms with Crippen LogP contribution in [0.2, 0.25) is 0 Å². The van der Waals surface area contributed by atoms with Gasteiger partial charge in [0.05, 0.1) is 5.03 Å². The largest absolute Gasteiger partial charge is 0.344 e. The molecule has 65 valence electrons. The Hall–Kier alpha value is 0.604. The third-order valence-electron chi connectivity index (χ3n) is 0.847. The molecule has 12 heavy (non-hydrogen) atoms. The first-order valence-electron chi connectivity index (χ1n) is 3.59. The molecule has 1 radical (unpaired) electrons. The summed E-state index contributed by atoms with van der Waals surface area (Å²) in [5.74, 6) is 0. The molecule has 1 nitrogen and oxygen atoms in total. The maximum atomic E-state index is 4.06. The summed E-state index contributed by atoms with van der Waals surface area (Å²) in [7, 11) is 0. The van der Waals surface area contributed by atoms with Gasteiger partial charge in [0.1, 0.15) is 0 Å². The van der Waals surface area contributed by atoms with Crippen LogP contribution in [0.15, 0.2) is 29.4 Å². The molecule has 0 saturated carbocycles. The molecular formula is C9H14NSY-. The number of hydrogen-bond donors (Lipinski definition) is 0. The van der Waals surface area contributed by atoms with Gasteiger partial charge in [0.15, 0.2) is 0 Å². The Morgan fingerprint density at radius 2 is 2.08 bits per heavy atom. The van der Waals surface area contributed by atoms with E-state index >= 15 is 0 Å². The van der Waals surface area contributed by atoms with Crippen molar-refractivity contribution in [1.29, 1.82) is 0 Å². The van der Waals surface area contributed by atoms with E-state index in [0.717, 1.165) is 11.4 Å². The summed E-state index contributed by atoms with van der Waals surface area (Å²) < 4.78 is 0. The average molecular weight is 257 g/mol. The van der Waals surface area contributed by atoms with Crippen LogP contribution in [-0.4, -0.2) is 11.2 Å². The molecule has 0 amide bonds. The molecule has 0 spiro atoms. The summed E-state index contributed by atoms with van der Waals surface area (Å²) in [5, 5.41) is 1.08. The molecule has 0 aliphatic carbocycles. The van der Waals surface area contributed by atoms with Crippen LogP contribution in [0, 0.1) is 6.92 Å². The van der Waals surface area contributed by atoms with Gasteiger partial charge in [0.2, 0.25) is 0 Å². The summed E-state index contributed by atoms with van der Waals surface area (Å²) >= 11 is 1.66. The fourth-order valence-corrected chi connectivity index (χ4v) is 0.849. The molecule has 0 atom stereocenters. The predicted octanol–water partition coefficient (Wildman–Crippen LogP) is 3.03. The number of rotatable bonds is 1. The zero-order valence-electron chi connectivity index (χ0n) is 7.66. The number of thioether (sulfide) groups is 1. The van der Waals surface area contributed by atoms with Crippen LogP contribution in [0.5, 0.6) is 0 Å². The van der Waals surface area contributed by atoms with Gasteiger partial charge in [0, 0.05) is 38.9 Å². The van der Waals surface area contributed by atoms with Gasteiger partial charge in [-0.05, 0) is 18.4 Å². The molecule has 0 aliphatic rings. The predicted molar refractivity (Wildman–Crippen MR) is 51.7 cm³/mol. The van der Waals surface area contributed by atoms with Crippen LogP contribution >= 0.6 is 11.8 Å². The average Bonchev–Trinajstić information content (AvgIpc) is 2.08. The minimum atomic E-state index is 0. The monoisotopic (exact) mass is 257 g/mol. The van der Waals surface area contributed by atoms with E-state index in [9.17, 15) is 0 Å². The topological polar surface area (TPSA) is 12.9 Å². The van der Waals surface area contributed by atoms with E-state index in [4.69, 9.17) is 0 Å². The van der Waals surface area contributed by atoms with E-state index in [1.54, 1.807) is 18.0 Å². The maximum absolute atomic E-state index is 4.06. The third kappa shape index (κ3) is 8.70. The summed E-state index contributed by atoms with van der Waals surface area (Å²) in [6, 6.07) is 5.89. The fourth-order valence-electron chi connectivity index (χ4n) is 0.468. The van der Waals surface area contributed by atoms with Crippen LogP contribution in [-0.2, 0) is 32.7 Å². The summed E-state index contributed by atoms with van der Waals surface area (Å²) in [6.45, 7) is 5.50. The van der Waals surface area contributed by atoms with Crippen molar-refractivity contribution in [3.63, 3.8) is 0 Å². The summed E-state index contributed by atoms with van der Waals surface area (Å²) in [4.78, 5) is 4.06. The van der Waals surface area contributed by atoms with Crippen molar-refractivity contribution in [2.75, 3.05) is 6.26 Å². The van der Waals surface area contributed by atoms with Gasteiger partial charge in [-0.3, -0.25) is 0 Å². The Labute approximate surface area is 105 Å². The Morgan fingerprint density at radius 3 is 2.33 bits per heavy atom. The molecule has 0 bridgehead atoms.